The third kappa shape index (κ3) is 2.78. The van der Waals surface area contributed by atoms with Gasteiger partial charge in [-0.25, -0.2) is 4.39 Å². The van der Waals surface area contributed by atoms with Gasteiger partial charge in [-0.2, -0.15) is 0 Å². The Balaban J connectivity index is 4.39. The third-order valence-electron chi connectivity index (χ3n) is 1.01. The van der Waals surface area contributed by atoms with Gasteiger partial charge >= 0.3 is 7.60 Å². The fraction of sp³-hybridized carbons (Fsp3) is 1.00. The fourth-order valence-electron chi connectivity index (χ4n) is 0.505. The molecule has 1 atom stereocenters. The van der Waals surface area contributed by atoms with Crippen molar-refractivity contribution in [1.82, 2.24) is 0 Å². The van der Waals surface area contributed by atoms with Gasteiger partial charge in [0.2, 0.25) is 5.91 Å². The smallest absolute Gasteiger partial charge is 0.322 e. The molecule has 0 bridgehead atoms. The Labute approximate surface area is 59.4 Å². The Hall–Kier alpha value is 0.0800. The van der Waals surface area contributed by atoms with Crippen LogP contribution in [-0.4, -0.2) is 15.7 Å². The summed E-state index contributed by atoms with van der Waals surface area (Å²) in [5.41, 5.74) is -0.987. The minimum absolute atomic E-state index is 0.987. The van der Waals surface area contributed by atoms with Crippen molar-refractivity contribution in [3.63, 3.8) is 0 Å². The Morgan fingerprint density at radius 3 is 1.70 bits per heavy atom. The van der Waals surface area contributed by atoms with Crippen LogP contribution in [0.4, 0.5) is 4.39 Å². The van der Waals surface area contributed by atoms with E-state index in [1.807, 2.05) is 0 Å². The van der Waals surface area contributed by atoms with Gasteiger partial charge in [0.15, 0.2) is 0 Å². The van der Waals surface area contributed by atoms with Crippen LogP contribution in [0.15, 0.2) is 0 Å². The first kappa shape index (κ1) is 10.1. The van der Waals surface area contributed by atoms with Gasteiger partial charge in [-0.15, -0.1) is 0 Å². The highest BCUT2D eigenvalue weighted by atomic mass is 31.2. The normalized spacial score (nSPS) is 17.0. The van der Waals surface area contributed by atoms with Gasteiger partial charge in [-0.05, 0) is 0 Å². The molecule has 0 saturated heterocycles. The second-order valence-electron chi connectivity index (χ2n) is 3.29. The molecule has 62 valence electrons. The lowest BCUT2D eigenvalue weighted by Crippen LogP contribution is -2.21. The lowest BCUT2D eigenvalue weighted by Gasteiger charge is -2.23. The maximum absolute atomic E-state index is 12.7. The van der Waals surface area contributed by atoms with E-state index in [0.717, 1.165) is 0 Å². The van der Waals surface area contributed by atoms with Crippen LogP contribution < -0.4 is 0 Å². The molecule has 0 rings (SSSR count). The van der Waals surface area contributed by atoms with Crippen molar-refractivity contribution in [3.05, 3.63) is 0 Å². The predicted octanol–water partition coefficient (Wildman–Crippen LogP) is 1.51. The molecule has 0 aromatic rings. The third-order valence-corrected chi connectivity index (χ3v) is 2.38. The maximum Gasteiger partial charge on any atom is 0.359 e. The monoisotopic (exact) mass is 170 g/mol. The minimum Gasteiger partial charge on any atom is -0.322 e. The molecule has 0 aromatic heterocycles. The van der Waals surface area contributed by atoms with Crippen molar-refractivity contribution in [3.8, 4) is 0 Å². The first-order chi connectivity index (χ1) is 4.15. The molecule has 0 aliphatic carbocycles. The van der Waals surface area contributed by atoms with Gasteiger partial charge in [0, 0.05) is 5.41 Å². The zero-order valence-electron chi connectivity index (χ0n) is 6.21. The molecule has 3 nitrogen and oxygen atoms in total. The van der Waals surface area contributed by atoms with Crippen LogP contribution in [0.25, 0.3) is 0 Å². The Morgan fingerprint density at radius 1 is 1.40 bits per heavy atom. The summed E-state index contributed by atoms with van der Waals surface area (Å²) in [6.07, 6.45) is 0. The molecule has 0 radical (unpaired) electrons. The molecule has 2 N–H and O–H groups in total. The van der Waals surface area contributed by atoms with E-state index in [-0.39, 0.29) is 0 Å². The second-order valence-corrected chi connectivity index (χ2v) is 4.92. The number of hydrogen-bond donors (Lipinski definition) is 2. The zero-order valence-corrected chi connectivity index (χ0v) is 7.10. The Bertz CT molecular complexity index is 157. The molecule has 0 spiro atoms. The van der Waals surface area contributed by atoms with Crippen molar-refractivity contribution in [2.45, 2.75) is 26.7 Å². The Kier molecular flexibility index (Phi) is 2.63. The SMILES string of the molecule is CC(C)(C)C(F)P(=O)(O)O. The van der Waals surface area contributed by atoms with Gasteiger partial charge in [-0.1, -0.05) is 20.8 Å². The average Bonchev–Trinajstić information content (AvgIpc) is 1.59. The van der Waals surface area contributed by atoms with Crippen molar-refractivity contribution >= 4 is 7.60 Å². The maximum atomic E-state index is 12.7. The van der Waals surface area contributed by atoms with Crippen LogP contribution in [-0.2, 0) is 4.57 Å². The van der Waals surface area contributed by atoms with Crippen molar-refractivity contribution < 1.29 is 18.7 Å². The summed E-state index contributed by atoms with van der Waals surface area (Å²) in [5, 5.41) is 0. The lowest BCUT2D eigenvalue weighted by molar-refractivity contribution is 0.192. The molecule has 0 aliphatic heterocycles. The molecule has 0 heterocycles. The van der Waals surface area contributed by atoms with E-state index < -0.39 is 18.9 Å². The van der Waals surface area contributed by atoms with E-state index in [1.54, 1.807) is 0 Å². The van der Waals surface area contributed by atoms with E-state index in [9.17, 15) is 8.96 Å². The van der Waals surface area contributed by atoms with E-state index in [0.29, 0.717) is 0 Å². The van der Waals surface area contributed by atoms with Gasteiger partial charge in [-0.3, -0.25) is 4.57 Å². The largest absolute Gasteiger partial charge is 0.359 e. The summed E-state index contributed by atoms with van der Waals surface area (Å²) in [7, 11) is -4.54. The fourth-order valence-corrected chi connectivity index (χ4v) is 1.51. The van der Waals surface area contributed by atoms with Gasteiger partial charge in [0.1, 0.15) is 0 Å². The first-order valence-electron chi connectivity index (χ1n) is 2.85. The van der Waals surface area contributed by atoms with E-state index in [1.165, 1.54) is 20.8 Å². The summed E-state index contributed by atoms with van der Waals surface area (Å²) in [6, 6.07) is 0. The number of halogens is 1. The summed E-state index contributed by atoms with van der Waals surface area (Å²) in [4.78, 5) is 16.7. The highest BCUT2D eigenvalue weighted by Crippen LogP contribution is 2.50. The number of rotatable bonds is 1. The summed E-state index contributed by atoms with van der Waals surface area (Å²) in [5.74, 6) is -2.07. The van der Waals surface area contributed by atoms with Crippen LogP contribution in [0, 0.1) is 5.41 Å². The molecule has 0 amide bonds. The summed E-state index contributed by atoms with van der Waals surface area (Å²) >= 11 is 0. The van der Waals surface area contributed by atoms with Crippen LogP contribution >= 0.6 is 7.60 Å². The van der Waals surface area contributed by atoms with Crippen LogP contribution in [0.5, 0.6) is 0 Å². The predicted molar refractivity (Wildman–Crippen MR) is 36.4 cm³/mol. The number of hydrogen-bond acceptors (Lipinski definition) is 1. The molecule has 0 fully saturated rings. The summed E-state index contributed by atoms with van der Waals surface area (Å²) in [6.45, 7) is 4.32. The number of alkyl halides is 1. The second kappa shape index (κ2) is 2.61. The molecule has 5 heteroatoms. The first-order valence-corrected chi connectivity index (χ1v) is 4.53. The van der Waals surface area contributed by atoms with Gasteiger partial charge in [0.25, 0.3) is 0 Å². The molecule has 0 aromatic carbocycles. The highest BCUT2D eigenvalue weighted by molar-refractivity contribution is 7.52. The summed E-state index contributed by atoms with van der Waals surface area (Å²) < 4.78 is 23.0. The van der Waals surface area contributed by atoms with Crippen molar-refractivity contribution in [1.29, 1.82) is 0 Å². The quantitative estimate of drug-likeness (QED) is 0.586. The zero-order chi connectivity index (χ0) is 8.58. The Morgan fingerprint density at radius 2 is 1.70 bits per heavy atom. The molecule has 0 saturated carbocycles. The molecular formula is C5H12FO3P. The molecule has 1 unspecified atom stereocenters. The van der Waals surface area contributed by atoms with Gasteiger partial charge in [0.05, 0.1) is 0 Å². The van der Waals surface area contributed by atoms with Crippen LogP contribution in [0.2, 0.25) is 0 Å². The van der Waals surface area contributed by atoms with Crippen LogP contribution in [0.1, 0.15) is 20.8 Å². The van der Waals surface area contributed by atoms with E-state index >= 15 is 0 Å². The molecule has 0 aliphatic rings. The van der Waals surface area contributed by atoms with Crippen LogP contribution in [0.3, 0.4) is 0 Å². The average molecular weight is 170 g/mol. The van der Waals surface area contributed by atoms with Gasteiger partial charge < -0.3 is 9.79 Å². The van der Waals surface area contributed by atoms with Crippen molar-refractivity contribution in [2.24, 2.45) is 5.41 Å². The standard InChI is InChI=1S/C5H12FO3P/c1-5(2,3)4(6)10(7,8)9/h4H,1-3H3,(H2,7,8,9). The molecular weight excluding hydrogens is 158 g/mol. The highest BCUT2D eigenvalue weighted by Gasteiger charge is 2.38. The lowest BCUT2D eigenvalue weighted by atomic mass is 9.99. The van der Waals surface area contributed by atoms with E-state index in [4.69, 9.17) is 9.79 Å². The van der Waals surface area contributed by atoms with Crippen molar-refractivity contribution in [2.75, 3.05) is 0 Å². The molecule has 10 heavy (non-hydrogen) atoms. The minimum atomic E-state index is -4.54. The van der Waals surface area contributed by atoms with E-state index in [2.05, 4.69) is 0 Å². The topological polar surface area (TPSA) is 57.5 Å².